The Hall–Kier alpha value is -0.830. The highest BCUT2D eigenvalue weighted by molar-refractivity contribution is 5.24. The third-order valence-corrected chi connectivity index (χ3v) is 4.47. The number of aromatic nitrogens is 2. The molecule has 0 spiro atoms. The van der Waals surface area contributed by atoms with Crippen molar-refractivity contribution in [2.45, 2.75) is 78.2 Å². The molecule has 0 saturated heterocycles. The van der Waals surface area contributed by atoms with Crippen molar-refractivity contribution < 1.29 is 0 Å². The fourth-order valence-electron chi connectivity index (χ4n) is 2.93. The minimum Gasteiger partial charge on any atom is -0.317 e. The van der Waals surface area contributed by atoms with Crippen LogP contribution in [-0.4, -0.2) is 22.9 Å². The topological polar surface area (TPSA) is 29.9 Å². The van der Waals surface area contributed by atoms with Gasteiger partial charge in [0.2, 0.25) is 0 Å². The molecule has 0 radical (unpaired) electrons. The Morgan fingerprint density at radius 1 is 1.10 bits per heavy atom. The summed E-state index contributed by atoms with van der Waals surface area (Å²) < 4.78 is 2.00. The summed E-state index contributed by atoms with van der Waals surface area (Å²) in [6.45, 7) is 6.57. The summed E-state index contributed by atoms with van der Waals surface area (Å²) in [7, 11) is 4.13. The van der Waals surface area contributed by atoms with Crippen LogP contribution < -0.4 is 5.32 Å². The van der Waals surface area contributed by atoms with Gasteiger partial charge in [-0.3, -0.25) is 4.68 Å². The van der Waals surface area contributed by atoms with Gasteiger partial charge in [-0.1, -0.05) is 39.0 Å². The van der Waals surface area contributed by atoms with E-state index >= 15 is 0 Å². The van der Waals surface area contributed by atoms with E-state index in [4.69, 9.17) is 0 Å². The molecular weight excluding hydrogens is 246 g/mol. The van der Waals surface area contributed by atoms with Gasteiger partial charge in [0.15, 0.2) is 0 Å². The molecule has 3 nitrogen and oxygen atoms in total. The maximum Gasteiger partial charge on any atom is 0.0628 e. The summed E-state index contributed by atoms with van der Waals surface area (Å²) in [4.78, 5) is 0. The van der Waals surface area contributed by atoms with E-state index in [0.29, 0.717) is 6.04 Å². The molecule has 116 valence electrons. The predicted molar refractivity (Wildman–Crippen MR) is 87.2 cm³/mol. The second-order valence-electron chi connectivity index (χ2n) is 6.00. The van der Waals surface area contributed by atoms with Gasteiger partial charge in [-0.2, -0.15) is 5.10 Å². The van der Waals surface area contributed by atoms with Crippen LogP contribution in [0.2, 0.25) is 0 Å². The van der Waals surface area contributed by atoms with Crippen molar-refractivity contribution in [2.24, 2.45) is 7.05 Å². The van der Waals surface area contributed by atoms with Crippen molar-refractivity contribution >= 4 is 0 Å². The lowest BCUT2D eigenvalue weighted by Crippen LogP contribution is -2.25. The molecule has 1 aromatic heterocycles. The van der Waals surface area contributed by atoms with Crippen LogP contribution in [0.25, 0.3) is 0 Å². The number of rotatable bonds is 10. The van der Waals surface area contributed by atoms with Gasteiger partial charge < -0.3 is 5.32 Å². The van der Waals surface area contributed by atoms with Crippen LogP contribution in [-0.2, 0) is 13.5 Å². The molecule has 0 fully saturated rings. The molecule has 20 heavy (non-hydrogen) atoms. The van der Waals surface area contributed by atoms with Gasteiger partial charge in [0.25, 0.3) is 0 Å². The summed E-state index contributed by atoms with van der Waals surface area (Å²) in [5, 5.41) is 7.99. The highest BCUT2D eigenvalue weighted by Gasteiger charge is 2.12. The van der Waals surface area contributed by atoms with Gasteiger partial charge >= 0.3 is 0 Å². The van der Waals surface area contributed by atoms with Crippen LogP contribution in [0.1, 0.15) is 68.8 Å². The molecule has 0 aliphatic carbocycles. The summed E-state index contributed by atoms with van der Waals surface area (Å²) >= 11 is 0. The third-order valence-electron chi connectivity index (χ3n) is 4.47. The minimum atomic E-state index is 0.649. The second kappa shape index (κ2) is 9.17. The molecule has 1 rings (SSSR count). The summed E-state index contributed by atoms with van der Waals surface area (Å²) in [5.74, 6) is 0. The summed E-state index contributed by atoms with van der Waals surface area (Å²) in [5.41, 5.74) is 3.96. The van der Waals surface area contributed by atoms with Crippen LogP contribution in [0.3, 0.4) is 0 Å². The number of nitrogens with zero attached hydrogens (tertiary/aromatic N) is 2. The molecule has 0 saturated carbocycles. The number of hydrogen-bond acceptors (Lipinski definition) is 2. The molecule has 1 heterocycles. The Bertz CT molecular complexity index is 382. The van der Waals surface area contributed by atoms with Crippen LogP contribution >= 0.6 is 0 Å². The standard InChI is InChI=1S/C17H33N3/c1-6-7-8-9-10-11-16(18-4)12-13-17-14(2)19-20(5)15(17)3/h16,18H,6-13H2,1-5H3. The van der Waals surface area contributed by atoms with Gasteiger partial charge in [0.05, 0.1) is 5.69 Å². The SMILES string of the molecule is CCCCCCCC(CCc1c(C)nn(C)c1C)NC. The Balaban J connectivity index is 2.33. The first-order chi connectivity index (χ1) is 9.60. The quantitative estimate of drug-likeness (QED) is 0.658. The normalized spacial score (nSPS) is 12.8. The summed E-state index contributed by atoms with van der Waals surface area (Å²) in [6, 6.07) is 0.649. The zero-order valence-electron chi connectivity index (χ0n) is 14.1. The molecule has 1 N–H and O–H groups in total. The average Bonchev–Trinajstić information content (AvgIpc) is 2.67. The zero-order chi connectivity index (χ0) is 15.0. The Kier molecular flexibility index (Phi) is 7.90. The van der Waals surface area contributed by atoms with Crippen molar-refractivity contribution in [1.82, 2.24) is 15.1 Å². The first-order valence-electron chi connectivity index (χ1n) is 8.26. The van der Waals surface area contributed by atoms with E-state index in [1.54, 1.807) is 0 Å². The first-order valence-corrected chi connectivity index (χ1v) is 8.26. The molecule has 1 unspecified atom stereocenters. The lowest BCUT2D eigenvalue weighted by Gasteiger charge is -2.16. The van der Waals surface area contributed by atoms with Crippen molar-refractivity contribution in [1.29, 1.82) is 0 Å². The van der Waals surface area contributed by atoms with Crippen LogP contribution in [0, 0.1) is 13.8 Å². The first kappa shape index (κ1) is 17.2. The largest absolute Gasteiger partial charge is 0.317 e. The monoisotopic (exact) mass is 279 g/mol. The molecule has 0 aliphatic rings. The second-order valence-corrected chi connectivity index (χ2v) is 6.00. The molecular formula is C17H33N3. The van der Waals surface area contributed by atoms with Gasteiger partial charge in [0, 0.05) is 18.8 Å². The van der Waals surface area contributed by atoms with Gasteiger partial charge in [-0.25, -0.2) is 0 Å². The van der Waals surface area contributed by atoms with E-state index in [1.807, 2.05) is 11.7 Å². The van der Waals surface area contributed by atoms with Crippen LogP contribution in [0.4, 0.5) is 0 Å². The number of unbranched alkanes of at least 4 members (excludes halogenated alkanes) is 4. The van der Waals surface area contributed by atoms with Crippen molar-refractivity contribution in [3.63, 3.8) is 0 Å². The predicted octanol–water partition coefficient (Wildman–Crippen LogP) is 3.92. The van der Waals surface area contributed by atoms with Crippen molar-refractivity contribution in [2.75, 3.05) is 7.05 Å². The van der Waals surface area contributed by atoms with E-state index in [-0.39, 0.29) is 0 Å². The molecule has 0 aliphatic heterocycles. The minimum absolute atomic E-state index is 0.649. The smallest absolute Gasteiger partial charge is 0.0628 e. The fraction of sp³-hybridized carbons (Fsp3) is 0.824. The molecule has 1 atom stereocenters. The van der Waals surface area contributed by atoms with Gasteiger partial charge in [0.1, 0.15) is 0 Å². The third kappa shape index (κ3) is 5.28. The van der Waals surface area contributed by atoms with E-state index < -0.39 is 0 Å². The maximum atomic E-state index is 4.51. The number of aryl methyl sites for hydroxylation is 2. The Morgan fingerprint density at radius 3 is 2.35 bits per heavy atom. The maximum absolute atomic E-state index is 4.51. The molecule has 0 bridgehead atoms. The lowest BCUT2D eigenvalue weighted by atomic mass is 9.99. The Morgan fingerprint density at radius 2 is 1.80 bits per heavy atom. The zero-order valence-corrected chi connectivity index (χ0v) is 14.1. The van der Waals surface area contributed by atoms with E-state index in [0.717, 1.165) is 6.42 Å². The lowest BCUT2D eigenvalue weighted by molar-refractivity contribution is 0.458. The molecule has 3 heteroatoms. The van der Waals surface area contributed by atoms with Gasteiger partial charge in [-0.05, 0) is 45.7 Å². The van der Waals surface area contributed by atoms with Crippen LogP contribution in [0.5, 0.6) is 0 Å². The highest BCUT2D eigenvalue weighted by atomic mass is 15.3. The number of nitrogens with one attached hydrogen (secondary N) is 1. The van der Waals surface area contributed by atoms with Gasteiger partial charge in [-0.15, -0.1) is 0 Å². The van der Waals surface area contributed by atoms with Crippen molar-refractivity contribution in [3.05, 3.63) is 17.0 Å². The highest BCUT2D eigenvalue weighted by Crippen LogP contribution is 2.17. The molecule has 0 amide bonds. The fourth-order valence-corrected chi connectivity index (χ4v) is 2.93. The van der Waals surface area contributed by atoms with E-state index in [9.17, 15) is 0 Å². The Labute approximate surface area is 125 Å². The van der Waals surface area contributed by atoms with E-state index in [1.165, 1.54) is 61.9 Å². The van der Waals surface area contributed by atoms with Crippen LogP contribution in [0.15, 0.2) is 0 Å². The molecule has 1 aromatic rings. The average molecular weight is 279 g/mol. The van der Waals surface area contributed by atoms with Crippen molar-refractivity contribution in [3.8, 4) is 0 Å². The summed E-state index contributed by atoms with van der Waals surface area (Å²) in [6.07, 6.45) is 10.5. The number of hydrogen-bond donors (Lipinski definition) is 1. The van der Waals surface area contributed by atoms with E-state index in [2.05, 4.69) is 38.2 Å². The molecule has 0 aromatic carbocycles.